The van der Waals surface area contributed by atoms with Crippen molar-refractivity contribution in [2.45, 2.75) is 91.1 Å². The zero-order chi connectivity index (χ0) is 15.9. The highest BCUT2D eigenvalue weighted by Crippen LogP contribution is 2.36. The third-order valence-electron chi connectivity index (χ3n) is 3.05. The van der Waals surface area contributed by atoms with Crippen LogP contribution in [-0.2, 0) is 4.57 Å². The molecule has 0 saturated carbocycles. The lowest BCUT2D eigenvalue weighted by Gasteiger charge is -2.05. The minimum atomic E-state index is -1.74. The van der Waals surface area contributed by atoms with E-state index >= 15 is 0 Å². The van der Waals surface area contributed by atoms with Crippen LogP contribution in [-0.4, -0.2) is 36.2 Å². The molecule has 0 atom stereocenters. The first kappa shape index (κ1) is 26.1. The van der Waals surface area contributed by atoms with Crippen LogP contribution in [0.2, 0.25) is 0 Å². The van der Waals surface area contributed by atoms with Crippen LogP contribution in [0.5, 0.6) is 0 Å². The summed E-state index contributed by atoms with van der Waals surface area (Å²) in [5.74, 6) is 0. The van der Waals surface area contributed by atoms with E-state index in [-0.39, 0.29) is 11.6 Å². The van der Waals surface area contributed by atoms with Gasteiger partial charge in [0.1, 0.15) is 0 Å². The molecule has 0 aliphatic rings. The fourth-order valence-electron chi connectivity index (χ4n) is 1.98. The van der Waals surface area contributed by atoms with Crippen LogP contribution >= 0.6 is 7.14 Å². The number of rotatable bonds is 11. The second kappa shape index (κ2) is 18.2. The third-order valence-corrected chi connectivity index (χ3v) is 4.44. The summed E-state index contributed by atoms with van der Waals surface area (Å²) in [6, 6.07) is 0. The van der Waals surface area contributed by atoms with Crippen molar-refractivity contribution < 1.29 is 15.1 Å². The van der Waals surface area contributed by atoms with E-state index in [1.807, 2.05) is 13.3 Å². The van der Waals surface area contributed by atoms with E-state index < -0.39 is 7.14 Å². The largest absolute Gasteiger partial charge is 0.412 e. The molecule has 0 radical (unpaired) electrons. The summed E-state index contributed by atoms with van der Waals surface area (Å²) in [7, 11) is -1.74. The van der Waals surface area contributed by atoms with Gasteiger partial charge in [0.25, 0.3) is 0 Å². The van der Waals surface area contributed by atoms with Gasteiger partial charge in [-0.2, -0.15) is 0 Å². The Balaban J connectivity index is -0.000000572. The van der Waals surface area contributed by atoms with E-state index in [9.17, 15) is 4.57 Å². The van der Waals surface area contributed by atoms with E-state index in [0.29, 0.717) is 0 Å². The maximum absolute atomic E-state index is 11.5. The minimum Gasteiger partial charge on any atom is -0.412 e. The summed E-state index contributed by atoms with van der Waals surface area (Å²) in [5, 5.41) is 8.06. The van der Waals surface area contributed by atoms with Gasteiger partial charge in [-0.05, 0) is 33.6 Å². The van der Waals surface area contributed by atoms with Gasteiger partial charge < -0.3 is 15.1 Å². The van der Waals surface area contributed by atoms with Crippen molar-refractivity contribution in [3.8, 4) is 0 Å². The Kier molecular flexibility index (Phi) is 22.6. The fourth-order valence-corrected chi connectivity index (χ4v) is 2.97. The van der Waals surface area contributed by atoms with Crippen LogP contribution in [0.25, 0.3) is 0 Å². The molecule has 0 spiro atoms. The number of hydrogen-bond donors (Lipinski definition) is 1. The SMILES string of the molecule is CC(C)O.CCCCCCCCCCCCP(C)(C)=O.O. The monoisotopic (exact) mass is 324 g/mol. The molecule has 0 saturated heterocycles. The molecule has 0 aromatic heterocycles. The summed E-state index contributed by atoms with van der Waals surface area (Å²) in [4.78, 5) is 0. The second-order valence-electron chi connectivity index (χ2n) is 6.57. The van der Waals surface area contributed by atoms with Crippen molar-refractivity contribution >= 4 is 7.14 Å². The van der Waals surface area contributed by atoms with Gasteiger partial charge >= 0.3 is 0 Å². The summed E-state index contributed by atoms with van der Waals surface area (Å²) >= 11 is 0. The highest BCUT2D eigenvalue weighted by atomic mass is 31.2. The Morgan fingerprint density at radius 3 is 1.38 bits per heavy atom. The lowest BCUT2D eigenvalue weighted by Crippen LogP contribution is -1.87. The Morgan fingerprint density at radius 2 is 1.10 bits per heavy atom. The number of hydrogen-bond acceptors (Lipinski definition) is 2. The van der Waals surface area contributed by atoms with Crippen LogP contribution in [0.1, 0.15) is 85.0 Å². The van der Waals surface area contributed by atoms with Gasteiger partial charge in [-0.15, -0.1) is 0 Å². The Hall–Kier alpha value is 0.150. The highest BCUT2D eigenvalue weighted by molar-refractivity contribution is 7.62. The van der Waals surface area contributed by atoms with Gasteiger partial charge in [0.05, 0.1) is 7.14 Å². The minimum absolute atomic E-state index is 0. The van der Waals surface area contributed by atoms with Crippen LogP contribution in [0.3, 0.4) is 0 Å². The van der Waals surface area contributed by atoms with E-state index in [1.54, 1.807) is 13.8 Å². The maximum Gasteiger partial charge on any atom is 0.0819 e. The summed E-state index contributed by atoms with van der Waals surface area (Å²) < 4.78 is 11.5. The standard InChI is InChI=1S/C14H31OP.C3H8O.H2O/c1-4-5-6-7-8-9-10-11-12-13-14-16(2,3)15;1-3(2)4;/h4-14H2,1-3H3;3-4H,1-2H3;1H2. The first-order chi connectivity index (χ1) is 9.29. The van der Waals surface area contributed by atoms with E-state index in [2.05, 4.69) is 6.92 Å². The number of unbranched alkanes of at least 4 members (excludes halogenated alkanes) is 9. The number of aliphatic hydroxyl groups excluding tert-OH is 1. The van der Waals surface area contributed by atoms with Crippen molar-refractivity contribution in [2.24, 2.45) is 0 Å². The second-order valence-corrected chi connectivity index (χ2v) is 10.2. The van der Waals surface area contributed by atoms with E-state index in [4.69, 9.17) is 5.11 Å². The van der Waals surface area contributed by atoms with Crippen molar-refractivity contribution in [3.63, 3.8) is 0 Å². The molecule has 0 amide bonds. The lowest BCUT2D eigenvalue weighted by molar-refractivity contribution is 0.216. The van der Waals surface area contributed by atoms with Gasteiger partial charge in [-0.3, -0.25) is 0 Å². The predicted octanol–water partition coefficient (Wildman–Crippen LogP) is 5.09. The molecule has 0 bridgehead atoms. The van der Waals surface area contributed by atoms with Crippen LogP contribution in [0, 0.1) is 0 Å². The van der Waals surface area contributed by atoms with Crippen LogP contribution < -0.4 is 0 Å². The molecule has 3 nitrogen and oxygen atoms in total. The van der Waals surface area contributed by atoms with Crippen LogP contribution in [0.15, 0.2) is 0 Å². The number of aliphatic hydroxyl groups is 1. The summed E-state index contributed by atoms with van der Waals surface area (Å²) in [6.07, 6.45) is 14.4. The predicted molar refractivity (Wildman–Crippen MR) is 97.1 cm³/mol. The molecule has 132 valence electrons. The Morgan fingerprint density at radius 1 is 0.810 bits per heavy atom. The smallest absolute Gasteiger partial charge is 0.0819 e. The Labute approximate surface area is 133 Å². The molecule has 0 rings (SSSR count). The first-order valence-electron chi connectivity index (χ1n) is 8.51. The average Bonchev–Trinajstić information content (AvgIpc) is 2.29. The molecule has 0 unspecified atom stereocenters. The third kappa shape index (κ3) is 38.4. The quantitative estimate of drug-likeness (QED) is 0.424. The molecule has 3 N–H and O–H groups in total. The molecule has 4 heteroatoms. The normalized spacial score (nSPS) is 10.8. The zero-order valence-corrected chi connectivity index (χ0v) is 16.1. The molecular weight excluding hydrogens is 283 g/mol. The highest BCUT2D eigenvalue weighted by Gasteiger charge is 2.05. The van der Waals surface area contributed by atoms with Crippen molar-refractivity contribution in [2.75, 3.05) is 19.5 Å². The molecule has 21 heavy (non-hydrogen) atoms. The molecule has 0 aromatic carbocycles. The first-order valence-corrected chi connectivity index (χ1v) is 11.3. The summed E-state index contributed by atoms with van der Waals surface area (Å²) in [6.45, 7) is 9.52. The van der Waals surface area contributed by atoms with Gasteiger partial charge in [-0.1, -0.05) is 64.7 Å². The zero-order valence-electron chi connectivity index (χ0n) is 15.2. The lowest BCUT2D eigenvalue weighted by atomic mass is 10.1. The van der Waals surface area contributed by atoms with Crippen LogP contribution in [0.4, 0.5) is 0 Å². The van der Waals surface area contributed by atoms with Crippen molar-refractivity contribution in [3.05, 3.63) is 0 Å². The van der Waals surface area contributed by atoms with Gasteiger partial charge in [0.2, 0.25) is 0 Å². The molecule has 0 aliphatic carbocycles. The molecule has 0 aromatic rings. The van der Waals surface area contributed by atoms with Gasteiger partial charge in [0, 0.05) is 12.3 Å². The van der Waals surface area contributed by atoms with Crippen molar-refractivity contribution in [1.82, 2.24) is 0 Å². The molecular formula is C17H41O3P. The molecule has 0 heterocycles. The van der Waals surface area contributed by atoms with Gasteiger partial charge in [-0.25, -0.2) is 0 Å². The summed E-state index contributed by atoms with van der Waals surface area (Å²) in [5.41, 5.74) is 0. The maximum atomic E-state index is 11.5. The van der Waals surface area contributed by atoms with E-state index in [0.717, 1.165) is 6.16 Å². The van der Waals surface area contributed by atoms with Gasteiger partial charge in [0.15, 0.2) is 0 Å². The molecule has 0 fully saturated rings. The fraction of sp³-hybridized carbons (Fsp3) is 1.00. The van der Waals surface area contributed by atoms with E-state index in [1.165, 1.54) is 64.2 Å². The Bertz CT molecular complexity index is 221. The van der Waals surface area contributed by atoms with Crippen molar-refractivity contribution in [1.29, 1.82) is 0 Å². The topological polar surface area (TPSA) is 68.8 Å². The average molecular weight is 324 g/mol. The molecule has 0 aliphatic heterocycles.